The normalized spacial score (nSPS) is 13.7. The Hall–Kier alpha value is -1.80. The predicted molar refractivity (Wildman–Crippen MR) is 88.9 cm³/mol. The molecule has 6 nitrogen and oxygen atoms in total. The molecule has 3 rings (SSSR count). The number of thioether (sulfide) groups is 1. The monoisotopic (exact) mass is 336 g/mol. The second kappa shape index (κ2) is 6.97. The van der Waals surface area contributed by atoms with Crippen molar-refractivity contribution in [3.63, 3.8) is 0 Å². The zero-order valence-electron chi connectivity index (χ0n) is 12.0. The molecule has 1 aromatic heterocycles. The number of amides is 1. The quantitative estimate of drug-likeness (QED) is 0.757. The van der Waals surface area contributed by atoms with E-state index in [1.165, 1.54) is 35.9 Å². The summed E-state index contributed by atoms with van der Waals surface area (Å²) in [5.74, 6) is 0.936. The first-order valence-electron chi connectivity index (χ1n) is 6.89. The highest BCUT2D eigenvalue weighted by Crippen LogP contribution is 2.30. The molecule has 116 valence electrons. The Labute approximate surface area is 136 Å². The summed E-state index contributed by atoms with van der Waals surface area (Å²) in [7, 11) is 1.60. The number of nitrogens with zero attached hydrogens (tertiary/aromatic N) is 2. The van der Waals surface area contributed by atoms with Gasteiger partial charge in [-0.15, -0.1) is 10.2 Å². The molecular formula is C14H16N4O2S2. The summed E-state index contributed by atoms with van der Waals surface area (Å²) in [6, 6.07) is 7.84. The molecule has 0 radical (unpaired) electrons. The number of nitrogens with one attached hydrogen (secondary N) is 2. The second-order valence-electron chi connectivity index (χ2n) is 4.86. The van der Waals surface area contributed by atoms with Crippen LogP contribution in [0, 0.1) is 0 Å². The van der Waals surface area contributed by atoms with E-state index in [0.29, 0.717) is 17.5 Å². The predicted octanol–water partition coefficient (Wildman–Crippen LogP) is 2.85. The Balaban J connectivity index is 1.47. The van der Waals surface area contributed by atoms with Gasteiger partial charge in [-0.05, 0) is 25.0 Å². The fourth-order valence-electron chi connectivity index (χ4n) is 1.75. The van der Waals surface area contributed by atoms with Crippen LogP contribution in [0.3, 0.4) is 0 Å². The van der Waals surface area contributed by atoms with Crippen molar-refractivity contribution < 1.29 is 9.53 Å². The van der Waals surface area contributed by atoms with Crippen molar-refractivity contribution in [2.24, 2.45) is 0 Å². The largest absolute Gasteiger partial charge is 0.497 e. The van der Waals surface area contributed by atoms with Crippen LogP contribution in [0.1, 0.15) is 12.8 Å². The van der Waals surface area contributed by atoms with Crippen molar-refractivity contribution in [2.75, 3.05) is 23.5 Å². The SMILES string of the molecule is COc1cccc(NC(=O)CSc2nnc(NC3CC3)s2)c1. The van der Waals surface area contributed by atoms with Gasteiger partial charge in [-0.25, -0.2) is 0 Å². The number of benzene rings is 1. The Kier molecular flexibility index (Phi) is 4.79. The molecule has 1 aromatic carbocycles. The number of anilines is 2. The molecule has 1 saturated carbocycles. The van der Waals surface area contributed by atoms with E-state index < -0.39 is 0 Å². The van der Waals surface area contributed by atoms with Crippen LogP contribution in [0.2, 0.25) is 0 Å². The molecule has 1 aliphatic carbocycles. The topological polar surface area (TPSA) is 76.1 Å². The van der Waals surface area contributed by atoms with Crippen LogP contribution < -0.4 is 15.4 Å². The number of hydrogen-bond donors (Lipinski definition) is 2. The third-order valence-electron chi connectivity index (χ3n) is 2.99. The maximum Gasteiger partial charge on any atom is 0.234 e. The maximum atomic E-state index is 11.9. The molecule has 8 heteroatoms. The number of ether oxygens (including phenoxy) is 1. The number of aromatic nitrogens is 2. The van der Waals surface area contributed by atoms with Crippen LogP contribution >= 0.6 is 23.1 Å². The Bertz CT molecular complexity index is 658. The molecule has 1 fully saturated rings. The van der Waals surface area contributed by atoms with E-state index >= 15 is 0 Å². The molecule has 1 amide bonds. The summed E-state index contributed by atoms with van der Waals surface area (Å²) in [6.07, 6.45) is 2.40. The summed E-state index contributed by atoms with van der Waals surface area (Å²) >= 11 is 2.87. The van der Waals surface area contributed by atoms with E-state index in [2.05, 4.69) is 20.8 Å². The third kappa shape index (κ3) is 4.35. The first-order chi connectivity index (χ1) is 10.7. The minimum Gasteiger partial charge on any atom is -0.497 e. The average molecular weight is 336 g/mol. The Morgan fingerprint density at radius 3 is 3.09 bits per heavy atom. The van der Waals surface area contributed by atoms with Gasteiger partial charge in [0.05, 0.1) is 12.9 Å². The molecule has 0 saturated heterocycles. The third-order valence-corrected chi connectivity index (χ3v) is 4.98. The number of methoxy groups -OCH3 is 1. The van der Waals surface area contributed by atoms with E-state index in [9.17, 15) is 4.79 Å². The van der Waals surface area contributed by atoms with Crippen LogP contribution in [0.4, 0.5) is 10.8 Å². The lowest BCUT2D eigenvalue weighted by atomic mass is 10.3. The van der Waals surface area contributed by atoms with Gasteiger partial charge in [0.2, 0.25) is 11.0 Å². The molecule has 1 heterocycles. The number of rotatable bonds is 7. The molecular weight excluding hydrogens is 320 g/mol. The molecule has 0 spiro atoms. The Morgan fingerprint density at radius 1 is 1.45 bits per heavy atom. The Morgan fingerprint density at radius 2 is 2.32 bits per heavy atom. The zero-order valence-corrected chi connectivity index (χ0v) is 13.7. The van der Waals surface area contributed by atoms with Gasteiger partial charge in [-0.1, -0.05) is 29.2 Å². The van der Waals surface area contributed by atoms with Gasteiger partial charge in [0, 0.05) is 17.8 Å². The van der Waals surface area contributed by atoms with Gasteiger partial charge in [0.25, 0.3) is 0 Å². The van der Waals surface area contributed by atoms with Crippen molar-refractivity contribution in [2.45, 2.75) is 23.2 Å². The summed E-state index contributed by atoms with van der Waals surface area (Å²) in [4.78, 5) is 11.9. The minimum atomic E-state index is -0.0786. The molecule has 0 aliphatic heterocycles. The summed E-state index contributed by atoms with van der Waals surface area (Å²) < 4.78 is 5.92. The van der Waals surface area contributed by atoms with E-state index in [1.807, 2.05) is 18.2 Å². The van der Waals surface area contributed by atoms with Crippen LogP contribution in [-0.2, 0) is 4.79 Å². The molecule has 0 atom stereocenters. The van der Waals surface area contributed by atoms with Crippen molar-refractivity contribution in [3.8, 4) is 5.75 Å². The fraction of sp³-hybridized carbons (Fsp3) is 0.357. The van der Waals surface area contributed by atoms with E-state index in [4.69, 9.17) is 4.74 Å². The van der Waals surface area contributed by atoms with Gasteiger partial charge >= 0.3 is 0 Å². The van der Waals surface area contributed by atoms with Crippen LogP contribution in [0.5, 0.6) is 5.75 Å². The lowest BCUT2D eigenvalue weighted by molar-refractivity contribution is -0.113. The molecule has 0 unspecified atom stereocenters. The van der Waals surface area contributed by atoms with Crippen LogP contribution in [-0.4, -0.2) is 35.0 Å². The van der Waals surface area contributed by atoms with Crippen molar-refractivity contribution in [1.82, 2.24) is 10.2 Å². The van der Waals surface area contributed by atoms with E-state index in [1.54, 1.807) is 13.2 Å². The maximum absolute atomic E-state index is 11.9. The minimum absolute atomic E-state index is 0.0786. The highest BCUT2D eigenvalue weighted by atomic mass is 32.2. The lowest BCUT2D eigenvalue weighted by Gasteiger charge is -2.06. The molecule has 0 bridgehead atoms. The lowest BCUT2D eigenvalue weighted by Crippen LogP contribution is -2.13. The number of hydrogen-bond acceptors (Lipinski definition) is 7. The first-order valence-corrected chi connectivity index (χ1v) is 8.70. The highest BCUT2D eigenvalue weighted by Gasteiger charge is 2.22. The molecule has 2 aromatic rings. The van der Waals surface area contributed by atoms with Crippen molar-refractivity contribution in [3.05, 3.63) is 24.3 Å². The van der Waals surface area contributed by atoms with Gasteiger partial charge in [0.1, 0.15) is 5.75 Å². The van der Waals surface area contributed by atoms with Crippen molar-refractivity contribution in [1.29, 1.82) is 0 Å². The smallest absolute Gasteiger partial charge is 0.234 e. The zero-order chi connectivity index (χ0) is 15.4. The molecule has 22 heavy (non-hydrogen) atoms. The summed E-state index contributed by atoms with van der Waals surface area (Å²) in [6.45, 7) is 0. The van der Waals surface area contributed by atoms with Gasteiger partial charge in [0.15, 0.2) is 4.34 Å². The van der Waals surface area contributed by atoms with Crippen molar-refractivity contribution >= 4 is 39.8 Å². The standard InChI is InChI=1S/C14H16N4O2S2/c1-20-11-4-2-3-10(7-11)15-12(19)8-21-14-18-17-13(22-14)16-9-5-6-9/h2-4,7,9H,5-6,8H2,1H3,(H,15,19)(H,16,17). The second-order valence-corrected chi connectivity index (χ2v) is 7.06. The van der Waals surface area contributed by atoms with Crippen LogP contribution in [0.25, 0.3) is 0 Å². The number of carbonyl (C=O) groups excluding carboxylic acids is 1. The van der Waals surface area contributed by atoms with Crippen LogP contribution in [0.15, 0.2) is 28.6 Å². The number of carbonyl (C=O) groups is 1. The van der Waals surface area contributed by atoms with Gasteiger partial charge in [-0.2, -0.15) is 0 Å². The van der Waals surface area contributed by atoms with Gasteiger partial charge < -0.3 is 15.4 Å². The van der Waals surface area contributed by atoms with E-state index in [0.717, 1.165) is 15.2 Å². The molecule has 1 aliphatic rings. The highest BCUT2D eigenvalue weighted by molar-refractivity contribution is 8.01. The summed E-state index contributed by atoms with van der Waals surface area (Å²) in [5.41, 5.74) is 0.721. The summed E-state index contributed by atoms with van der Waals surface area (Å²) in [5, 5.41) is 15.1. The first kappa shape index (κ1) is 15.1. The van der Waals surface area contributed by atoms with Gasteiger partial charge in [-0.3, -0.25) is 4.79 Å². The van der Waals surface area contributed by atoms with E-state index in [-0.39, 0.29) is 5.91 Å². The average Bonchev–Trinajstić information content (AvgIpc) is 3.22. The molecule has 2 N–H and O–H groups in total. The fourth-order valence-corrected chi connectivity index (χ4v) is 3.38.